The highest BCUT2D eigenvalue weighted by Gasteiger charge is 2.38. The minimum Gasteiger partial charge on any atom is -0.455 e. The van der Waals surface area contributed by atoms with Gasteiger partial charge < -0.3 is 13.6 Å². The fraction of sp³-hybridized carbons (Fsp3) is 0.469. The van der Waals surface area contributed by atoms with Crippen LogP contribution in [0.25, 0.3) is 22.3 Å². The summed E-state index contributed by atoms with van der Waals surface area (Å²) in [6, 6.07) is 13.0. The molecule has 0 spiro atoms. The third kappa shape index (κ3) is 8.17. The number of benzene rings is 2. The summed E-state index contributed by atoms with van der Waals surface area (Å²) in [4.78, 5) is 38.6. The van der Waals surface area contributed by atoms with E-state index in [4.69, 9.17) is 13.6 Å². The zero-order valence-electron chi connectivity index (χ0n) is 25.6. The number of para-hydroxylation sites is 1. The molecule has 0 fully saturated rings. The van der Waals surface area contributed by atoms with Crippen LogP contribution in [0.2, 0.25) is 18.1 Å². The lowest BCUT2D eigenvalue weighted by molar-refractivity contribution is -0.134. The average Bonchev–Trinajstić information content (AvgIpc) is 3.19. The van der Waals surface area contributed by atoms with E-state index in [1.807, 2.05) is 36.4 Å². The van der Waals surface area contributed by atoms with Gasteiger partial charge in [-0.15, -0.1) is 0 Å². The molecule has 0 aliphatic heterocycles. The van der Waals surface area contributed by atoms with E-state index in [9.17, 15) is 14.4 Å². The number of carbonyl (C=O) groups is 3. The summed E-state index contributed by atoms with van der Waals surface area (Å²) in [5, 5.41) is 3.58. The zero-order valence-corrected chi connectivity index (χ0v) is 28.2. The molecule has 0 saturated carbocycles. The van der Waals surface area contributed by atoms with Crippen LogP contribution in [0.1, 0.15) is 60.5 Å². The van der Waals surface area contributed by atoms with E-state index in [0.717, 1.165) is 10.9 Å². The van der Waals surface area contributed by atoms with Crippen LogP contribution >= 0.6 is 15.9 Å². The number of amides is 1. The normalized spacial score (nSPS) is 13.2. The van der Waals surface area contributed by atoms with Gasteiger partial charge in [-0.2, -0.15) is 0 Å². The summed E-state index contributed by atoms with van der Waals surface area (Å²) in [6.45, 7) is 17.7. The molecule has 0 bridgehead atoms. The van der Waals surface area contributed by atoms with Crippen molar-refractivity contribution in [3.8, 4) is 11.3 Å². The van der Waals surface area contributed by atoms with Gasteiger partial charge in [0.15, 0.2) is 19.9 Å². The molecule has 41 heavy (non-hydrogen) atoms. The van der Waals surface area contributed by atoms with E-state index < -0.39 is 25.9 Å². The molecule has 1 aromatic heterocycles. The fourth-order valence-corrected chi connectivity index (χ4v) is 5.62. The smallest absolute Gasteiger partial charge is 0.412 e. The molecule has 3 aromatic rings. The predicted molar refractivity (Wildman–Crippen MR) is 170 cm³/mol. The van der Waals surface area contributed by atoms with E-state index in [1.165, 1.54) is 0 Å². The number of carbonyl (C=O) groups excluding carboxylic acids is 3. The van der Waals surface area contributed by atoms with Crippen LogP contribution in [-0.2, 0) is 25.2 Å². The third-order valence-electron chi connectivity index (χ3n) is 7.45. The molecule has 1 atom stereocenters. The number of halogens is 1. The van der Waals surface area contributed by atoms with Gasteiger partial charge in [0.1, 0.15) is 17.0 Å². The van der Waals surface area contributed by atoms with Crippen LogP contribution in [0.4, 0.5) is 10.5 Å². The standard InChI is InChI=1S/C32H42BrNO6Si/c1-10-25(35)22(26(36)19-38-41(8,9)32(5,6)7)17-20-15-16-27-23(18-20)28(33)29(39-27)21-13-11-12-14-24(21)34-30(37)40-31(2,3)4/h11-16,18,22H,10,17,19H2,1-9H3,(H,34,37). The number of nitrogens with one attached hydrogen (secondary N) is 1. The second kappa shape index (κ2) is 12.6. The van der Waals surface area contributed by atoms with Crippen LogP contribution < -0.4 is 5.32 Å². The number of anilines is 1. The number of Topliss-reactive ketones (excluding diaryl/α,β-unsaturated/α-hetero) is 2. The first-order valence-corrected chi connectivity index (χ1v) is 17.6. The van der Waals surface area contributed by atoms with E-state index in [-0.39, 0.29) is 36.1 Å². The van der Waals surface area contributed by atoms with Gasteiger partial charge in [0.2, 0.25) is 0 Å². The van der Waals surface area contributed by atoms with Crippen molar-refractivity contribution in [2.75, 3.05) is 11.9 Å². The molecule has 1 unspecified atom stereocenters. The average molecular weight is 645 g/mol. The van der Waals surface area contributed by atoms with Crippen molar-refractivity contribution in [3.05, 3.63) is 52.5 Å². The van der Waals surface area contributed by atoms with Crippen molar-refractivity contribution in [2.45, 2.75) is 85.0 Å². The Bertz CT molecular complexity index is 1430. The lowest BCUT2D eigenvalue weighted by atomic mass is 9.90. The van der Waals surface area contributed by atoms with Gasteiger partial charge in [-0.25, -0.2) is 4.79 Å². The zero-order chi connectivity index (χ0) is 30.8. The van der Waals surface area contributed by atoms with Crippen molar-refractivity contribution in [2.24, 2.45) is 5.92 Å². The predicted octanol–water partition coefficient (Wildman–Crippen LogP) is 8.94. The van der Waals surface area contributed by atoms with E-state index >= 15 is 0 Å². The van der Waals surface area contributed by atoms with Crippen molar-refractivity contribution < 1.29 is 28.0 Å². The molecule has 3 rings (SSSR count). The van der Waals surface area contributed by atoms with Gasteiger partial charge in [-0.1, -0.05) is 45.9 Å². The second-order valence-electron chi connectivity index (χ2n) is 12.8. The Kier molecular flexibility index (Phi) is 10.1. The molecule has 2 aromatic carbocycles. The minimum atomic E-state index is -2.14. The molecule has 1 amide bonds. The fourth-order valence-electron chi connectivity index (χ4n) is 4.08. The van der Waals surface area contributed by atoms with Crippen molar-refractivity contribution in [1.29, 1.82) is 0 Å². The van der Waals surface area contributed by atoms with Gasteiger partial charge in [0.05, 0.1) is 22.7 Å². The number of furan rings is 1. The van der Waals surface area contributed by atoms with E-state index in [1.54, 1.807) is 33.8 Å². The summed E-state index contributed by atoms with van der Waals surface area (Å²) in [7, 11) is -2.14. The van der Waals surface area contributed by atoms with Gasteiger partial charge in [-0.3, -0.25) is 14.9 Å². The highest BCUT2D eigenvalue weighted by Crippen LogP contribution is 2.41. The van der Waals surface area contributed by atoms with Crippen LogP contribution in [0, 0.1) is 5.92 Å². The summed E-state index contributed by atoms with van der Waals surface area (Å²) in [5.74, 6) is -0.506. The molecule has 0 saturated heterocycles. The molecule has 222 valence electrons. The number of fused-ring (bicyclic) bond motifs is 1. The molecule has 1 N–H and O–H groups in total. The Morgan fingerprint density at radius 1 is 1.00 bits per heavy atom. The summed E-state index contributed by atoms with van der Waals surface area (Å²) in [6.07, 6.45) is -0.000469. The van der Waals surface area contributed by atoms with Crippen LogP contribution in [0.3, 0.4) is 0 Å². The molecular weight excluding hydrogens is 602 g/mol. The first kappa shape index (κ1) is 32.8. The maximum absolute atomic E-state index is 13.3. The Morgan fingerprint density at radius 2 is 1.66 bits per heavy atom. The topological polar surface area (TPSA) is 94.8 Å². The van der Waals surface area contributed by atoms with E-state index in [0.29, 0.717) is 27.1 Å². The maximum Gasteiger partial charge on any atom is 0.412 e. The minimum absolute atomic E-state index is 0.0329. The number of ketones is 2. The molecule has 9 heteroatoms. The van der Waals surface area contributed by atoms with E-state index in [2.05, 4.69) is 55.1 Å². The Morgan fingerprint density at radius 3 is 2.27 bits per heavy atom. The lowest BCUT2D eigenvalue weighted by Crippen LogP contribution is -2.43. The summed E-state index contributed by atoms with van der Waals surface area (Å²) >= 11 is 3.69. The van der Waals surface area contributed by atoms with Crippen LogP contribution in [-0.4, -0.2) is 38.2 Å². The van der Waals surface area contributed by atoms with Crippen molar-refractivity contribution in [3.63, 3.8) is 0 Å². The third-order valence-corrected chi connectivity index (χ3v) is 12.7. The lowest BCUT2D eigenvalue weighted by Gasteiger charge is -2.36. The Balaban J connectivity index is 1.89. The molecule has 0 aliphatic rings. The highest BCUT2D eigenvalue weighted by molar-refractivity contribution is 9.10. The Hall–Kier alpha value is -2.75. The monoisotopic (exact) mass is 643 g/mol. The van der Waals surface area contributed by atoms with Crippen LogP contribution in [0.5, 0.6) is 0 Å². The number of ether oxygens (including phenoxy) is 1. The summed E-state index contributed by atoms with van der Waals surface area (Å²) < 4.78 is 18.5. The van der Waals surface area contributed by atoms with Gasteiger partial charge in [0, 0.05) is 17.4 Å². The maximum atomic E-state index is 13.3. The first-order chi connectivity index (χ1) is 18.9. The van der Waals surface area contributed by atoms with Crippen LogP contribution in [0.15, 0.2) is 51.4 Å². The number of hydrogen-bond donors (Lipinski definition) is 1. The highest BCUT2D eigenvalue weighted by atomic mass is 79.9. The number of hydrogen-bond acceptors (Lipinski definition) is 6. The molecule has 7 nitrogen and oxygen atoms in total. The van der Waals surface area contributed by atoms with Crippen molar-refractivity contribution >= 4 is 58.6 Å². The molecule has 1 heterocycles. The first-order valence-electron chi connectivity index (χ1n) is 13.9. The largest absolute Gasteiger partial charge is 0.455 e. The second-order valence-corrected chi connectivity index (χ2v) is 18.4. The van der Waals surface area contributed by atoms with Gasteiger partial charge in [0.25, 0.3) is 0 Å². The molecular formula is C32H42BrNO6Si. The quantitative estimate of drug-likeness (QED) is 0.175. The van der Waals surface area contributed by atoms with Crippen molar-refractivity contribution in [1.82, 2.24) is 0 Å². The molecule has 0 aliphatic carbocycles. The van der Waals surface area contributed by atoms with Gasteiger partial charge >= 0.3 is 6.09 Å². The number of rotatable bonds is 10. The SMILES string of the molecule is CCC(=O)C(Cc1ccc2oc(-c3ccccc3NC(=O)OC(C)(C)C)c(Br)c2c1)C(=O)CO[Si](C)(C)C(C)(C)C. The Labute approximate surface area is 252 Å². The van der Waals surface area contributed by atoms with Gasteiger partial charge in [-0.05, 0) is 91.1 Å². The summed E-state index contributed by atoms with van der Waals surface area (Å²) in [5.41, 5.74) is 2.07. The molecule has 0 radical (unpaired) electrons.